The van der Waals surface area contributed by atoms with E-state index < -0.39 is 12.0 Å². The summed E-state index contributed by atoms with van der Waals surface area (Å²) in [5.41, 5.74) is 2.30. The van der Waals surface area contributed by atoms with Crippen LogP contribution >= 0.6 is 0 Å². The first kappa shape index (κ1) is 17.8. The van der Waals surface area contributed by atoms with E-state index in [1.54, 1.807) is 48.0 Å². The van der Waals surface area contributed by atoms with Crippen molar-refractivity contribution in [3.63, 3.8) is 0 Å². The summed E-state index contributed by atoms with van der Waals surface area (Å²) in [6.07, 6.45) is 2.26. The van der Waals surface area contributed by atoms with Crippen molar-refractivity contribution < 1.29 is 24.2 Å². The first-order valence-corrected chi connectivity index (χ1v) is 8.35. The highest BCUT2D eigenvalue weighted by Crippen LogP contribution is 2.39. The number of benzene rings is 1. The van der Waals surface area contributed by atoms with Crippen molar-refractivity contribution in [2.45, 2.75) is 18.9 Å². The van der Waals surface area contributed by atoms with E-state index in [0.29, 0.717) is 30.2 Å². The molecule has 2 aromatic rings. The van der Waals surface area contributed by atoms with Gasteiger partial charge >= 0.3 is 5.97 Å². The zero-order valence-corrected chi connectivity index (χ0v) is 15.1. The fourth-order valence-electron chi connectivity index (χ4n) is 3.49. The number of nitrogens with zero attached hydrogens (tertiary/aromatic N) is 2. The third-order valence-corrected chi connectivity index (χ3v) is 4.79. The van der Waals surface area contributed by atoms with Gasteiger partial charge in [-0.15, -0.1) is 0 Å². The molecule has 0 unspecified atom stereocenters. The Morgan fingerprint density at radius 2 is 1.92 bits per heavy atom. The molecule has 1 atom stereocenters. The molecule has 26 heavy (non-hydrogen) atoms. The summed E-state index contributed by atoms with van der Waals surface area (Å²) in [6, 6.07) is 6.63. The predicted molar refractivity (Wildman–Crippen MR) is 94.7 cm³/mol. The molecule has 138 valence electrons. The van der Waals surface area contributed by atoms with Gasteiger partial charge in [0.1, 0.15) is 5.69 Å². The summed E-state index contributed by atoms with van der Waals surface area (Å²) < 4.78 is 12.4. The van der Waals surface area contributed by atoms with Gasteiger partial charge in [0.2, 0.25) is 0 Å². The molecule has 1 aliphatic rings. The van der Waals surface area contributed by atoms with E-state index in [2.05, 4.69) is 0 Å². The number of carbonyl (C=O) groups is 2. The molecule has 1 aliphatic heterocycles. The van der Waals surface area contributed by atoms with E-state index in [9.17, 15) is 14.7 Å². The Hall–Kier alpha value is -2.96. The number of aryl methyl sites for hydroxylation is 1. The van der Waals surface area contributed by atoms with Crippen molar-refractivity contribution in [2.75, 3.05) is 20.8 Å². The Kier molecular flexibility index (Phi) is 4.88. The fraction of sp³-hybridized carbons (Fsp3) is 0.368. The third kappa shape index (κ3) is 3.12. The molecule has 0 saturated carbocycles. The molecule has 0 fully saturated rings. The third-order valence-electron chi connectivity index (χ3n) is 4.79. The number of rotatable bonds is 5. The van der Waals surface area contributed by atoms with Crippen molar-refractivity contribution >= 4 is 11.9 Å². The van der Waals surface area contributed by atoms with Gasteiger partial charge in [-0.1, -0.05) is 0 Å². The summed E-state index contributed by atoms with van der Waals surface area (Å²) in [7, 11) is 4.89. The molecule has 0 bridgehead atoms. The van der Waals surface area contributed by atoms with Crippen molar-refractivity contribution in [1.82, 2.24) is 9.47 Å². The number of hydrogen-bond acceptors (Lipinski definition) is 4. The summed E-state index contributed by atoms with van der Waals surface area (Å²) in [5, 5.41) is 9.40. The zero-order chi connectivity index (χ0) is 18.8. The Morgan fingerprint density at radius 3 is 2.50 bits per heavy atom. The van der Waals surface area contributed by atoms with Gasteiger partial charge in [0, 0.05) is 19.8 Å². The van der Waals surface area contributed by atoms with Gasteiger partial charge < -0.3 is 24.0 Å². The molecule has 1 aromatic heterocycles. The van der Waals surface area contributed by atoms with Crippen LogP contribution in [-0.4, -0.2) is 47.2 Å². The minimum atomic E-state index is -0.956. The number of methoxy groups -OCH3 is 2. The molecule has 2 heterocycles. The second-order valence-corrected chi connectivity index (χ2v) is 6.27. The molecule has 1 aromatic carbocycles. The van der Waals surface area contributed by atoms with Gasteiger partial charge in [0.25, 0.3) is 5.91 Å². The Labute approximate surface area is 151 Å². The monoisotopic (exact) mass is 358 g/mol. The van der Waals surface area contributed by atoms with Crippen LogP contribution in [0, 0.1) is 0 Å². The second-order valence-electron chi connectivity index (χ2n) is 6.27. The summed E-state index contributed by atoms with van der Waals surface area (Å²) in [4.78, 5) is 26.1. The lowest BCUT2D eigenvalue weighted by molar-refractivity contribution is -0.138. The van der Waals surface area contributed by atoms with Gasteiger partial charge in [-0.05, 0) is 41.8 Å². The molecular weight excluding hydrogens is 336 g/mol. The maximum Gasteiger partial charge on any atom is 0.305 e. The highest BCUT2D eigenvalue weighted by atomic mass is 16.5. The van der Waals surface area contributed by atoms with Crippen molar-refractivity contribution in [1.29, 1.82) is 0 Å². The summed E-state index contributed by atoms with van der Waals surface area (Å²) in [6.45, 7) is 0.449. The first-order valence-electron chi connectivity index (χ1n) is 8.35. The van der Waals surface area contributed by atoms with Crippen molar-refractivity contribution in [2.24, 2.45) is 7.05 Å². The maximum absolute atomic E-state index is 13.0. The van der Waals surface area contributed by atoms with Crippen LogP contribution in [0.5, 0.6) is 11.5 Å². The quantitative estimate of drug-likeness (QED) is 0.887. The number of aliphatic carboxylic acids is 1. The first-order chi connectivity index (χ1) is 12.5. The summed E-state index contributed by atoms with van der Waals surface area (Å²) in [5.74, 6) is -0.0103. The molecule has 0 spiro atoms. The largest absolute Gasteiger partial charge is 0.493 e. The lowest BCUT2D eigenvalue weighted by Crippen LogP contribution is -2.41. The van der Waals surface area contributed by atoms with Crippen molar-refractivity contribution in [3.8, 4) is 11.5 Å². The smallest absolute Gasteiger partial charge is 0.305 e. The normalized spacial score (nSPS) is 16.1. The molecule has 7 nitrogen and oxygen atoms in total. The predicted octanol–water partition coefficient (Wildman–Crippen LogP) is 2.26. The van der Waals surface area contributed by atoms with Gasteiger partial charge in [-0.2, -0.15) is 0 Å². The Bertz CT molecular complexity index is 842. The second kappa shape index (κ2) is 7.11. The molecular formula is C19H22N2O5. The summed E-state index contributed by atoms with van der Waals surface area (Å²) >= 11 is 0. The van der Waals surface area contributed by atoms with Crippen LogP contribution in [-0.2, 0) is 18.3 Å². The highest BCUT2D eigenvalue weighted by molar-refractivity contribution is 5.93. The molecule has 0 saturated heterocycles. The standard InChI is InChI=1S/C19H22N2O5/c1-20-7-4-5-14(20)19(24)21-8-6-12-9-16(25-2)17(26-3)10-13(12)15(21)11-18(22)23/h4-5,7,9-10,15H,6,8,11H2,1-3H3,(H,22,23)/t15-/m1/s1. The average molecular weight is 358 g/mol. The van der Waals surface area contributed by atoms with Crippen LogP contribution in [0.25, 0.3) is 0 Å². The Morgan fingerprint density at radius 1 is 1.23 bits per heavy atom. The molecule has 0 aliphatic carbocycles. The van der Waals surface area contributed by atoms with Crippen LogP contribution in [0.3, 0.4) is 0 Å². The number of amides is 1. The van der Waals surface area contributed by atoms with Gasteiger partial charge in [0.15, 0.2) is 11.5 Å². The number of carboxylic acid groups (broad SMARTS) is 1. The van der Waals surface area contributed by atoms with Crippen molar-refractivity contribution in [3.05, 3.63) is 47.3 Å². The number of fused-ring (bicyclic) bond motifs is 1. The van der Waals surface area contributed by atoms with Crippen LogP contribution in [0.1, 0.15) is 34.1 Å². The minimum absolute atomic E-state index is 0.168. The van der Waals surface area contributed by atoms with Gasteiger partial charge in [-0.3, -0.25) is 9.59 Å². The van der Waals surface area contributed by atoms with Gasteiger partial charge in [0.05, 0.1) is 26.7 Å². The number of ether oxygens (including phenoxy) is 2. The SMILES string of the molecule is COc1cc2c(cc1OC)[C@@H](CC(=O)O)N(C(=O)c1cccn1C)CC2. The topological polar surface area (TPSA) is 81.0 Å². The lowest BCUT2D eigenvalue weighted by atomic mass is 9.89. The highest BCUT2D eigenvalue weighted by Gasteiger charge is 2.34. The van der Waals surface area contributed by atoms with E-state index in [-0.39, 0.29) is 12.3 Å². The van der Waals surface area contributed by atoms with E-state index in [4.69, 9.17) is 9.47 Å². The van der Waals surface area contributed by atoms with Gasteiger partial charge in [-0.25, -0.2) is 0 Å². The molecule has 1 N–H and O–H groups in total. The number of carboxylic acids is 1. The fourth-order valence-corrected chi connectivity index (χ4v) is 3.49. The molecule has 0 radical (unpaired) electrons. The minimum Gasteiger partial charge on any atom is -0.493 e. The Balaban J connectivity index is 2.05. The van der Waals surface area contributed by atoms with E-state index >= 15 is 0 Å². The van der Waals surface area contributed by atoms with E-state index in [0.717, 1.165) is 11.1 Å². The maximum atomic E-state index is 13.0. The van der Waals surface area contributed by atoms with Crippen LogP contribution in [0.15, 0.2) is 30.5 Å². The lowest BCUT2D eigenvalue weighted by Gasteiger charge is -2.37. The van der Waals surface area contributed by atoms with E-state index in [1.807, 2.05) is 6.07 Å². The number of aromatic nitrogens is 1. The molecule has 7 heteroatoms. The van der Waals surface area contributed by atoms with Crippen LogP contribution in [0.4, 0.5) is 0 Å². The van der Waals surface area contributed by atoms with Crippen LogP contribution < -0.4 is 9.47 Å². The van der Waals surface area contributed by atoms with Crippen LogP contribution in [0.2, 0.25) is 0 Å². The van der Waals surface area contributed by atoms with E-state index in [1.165, 1.54) is 7.11 Å². The molecule has 3 rings (SSSR count). The average Bonchev–Trinajstić information content (AvgIpc) is 3.05. The number of hydrogen-bond donors (Lipinski definition) is 1. The molecule has 1 amide bonds. The number of carbonyl (C=O) groups excluding carboxylic acids is 1. The zero-order valence-electron chi connectivity index (χ0n) is 15.1.